The molecule has 0 bridgehead atoms. The molecule has 86 valence electrons. The third kappa shape index (κ3) is 5.10. The van der Waals surface area contributed by atoms with Crippen molar-refractivity contribution < 1.29 is 4.79 Å². The van der Waals surface area contributed by atoms with Gasteiger partial charge in [0.05, 0.1) is 0 Å². The van der Waals surface area contributed by atoms with Crippen LogP contribution in [0.25, 0.3) is 6.08 Å². The average molecular weight is 238 g/mol. The van der Waals surface area contributed by atoms with Gasteiger partial charge in [0.2, 0.25) is 0 Å². The van der Waals surface area contributed by atoms with Gasteiger partial charge in [-0.3, -0.25) is 4.79 Å². The molecule has 0 N–H and O–H groups in total. The molecule has 3 heteroatoms. The Morgan fingerprint density at radius 2 is 1.94 bits per heavy atom. The van der Waals surface area contributed by atoms with E-state index < -0.39 is 0 Å². The summed E-state index contributed by atoms with van der Waals surface area (Å²) in [6.07, 6.45) is 3.98. The van der Waals surface area contributed by atoms with E-state index in [-0.39, 0.29) is 5.78 Å². The van der Waals surface area contributed by atoms with Gasteiger partial charge in [-0.15, -0.1) is 0 Å². The molecule has 1 aromatic rings. The van der Waals surface area contributed by atoms with Crippen molar-refractivity contribution >= 4 is 23.5 Å². The standard InChI is InChI=1S/C13H16ClNO/c1-15(2)10-9-13(16)8-5-11-3-6-12(14)7-4-11/h3-8H,9-10H2,1-2H3/b8-5+. The second-order valence-corrected chi connectivity index (χ2v) is 4.34. The molecule has 0 radical (unpaired) electrons. The molecular weight excluding hydrogens is 222 g/mol. The van der Waals surface area contributed by atoms with Crippen molar-refractivity contribution in [1.82, 2.24) is 4.90 Å². The number of carbonyl (C=O) groups excluding carboxylic acids is 1. The second-order valence-electron chi connectivity index (χ2n) is 3.90. The van der Waals surface area contributed by atoms with Crippen LogP contribution in [0, 0.1) is 0 Å². The minimum absolute atomic E-state index is 0.142. The predicted molar refractivity (Wildman–Crippen MR) is 68.7 cm³/mol. The summed E-state index contributed by atoms with van der Waals surface area (Å²) in [4.78, 5) is 13.4. The van der Waals surface area contributed by atoms with E-state index in [1.807, 2.05) is 49.3 Å². The summed E-state index contributed by atoms with van der Waals surface area (Å²) in [6, 6.07) is 7.40. The molecule has 1 rings (SSSR count). The maximum atomic E-state index is 11.4. The van der Waals surface area contributed by atoms with Crippen molar-refractivity contribution in [2.45, 2.75) is 6.42 Å². The molecule has 0 saturated carbocycles. The lowest BCUT2D eigenvalue weighted by Crippen LogP contribution is -2.15. The summed E-state index contributed by atoms with van der Waals surface area (Å²) < 4.78 is 0. The molecule has 16 heavy (non-hydrogen) atoms. The number of halogens is 1. The van der Waals surface area contributed by atoms with E-state index in [0.717, 1.165) is 12.1 Å². The van der Waals surface area contributed by atoms with Gasteiger partial charge in [-0.05, 0) is 37.9 Å². The summed E-state index contributed by atoms with van der Waals surface area (Å²) in [7, 11) is 3.91. The molecule has 0 spiro atoms. The van der Waals surface area contributed by atoms with Gasteiger partial charge in [-0.1, -0.05) is 29.8 Å². The lowest BCUT2D eigenvalue weighted by Gasteiger charge is -2.06. The van der Waals surface area contributed by atoms with Crippen molar-refractivity contribution in [2.24, 2.45) is 0 Å². The molecule has 0 fully saturated rings. The highest BCUT2D eigenvalue weighted by atomic mass is 35.5. The van der Waals surface area contributed by atoms with Crippen molar-refractivity contribution in [3.05, 3.63) is 40.9 Å². The van der Waals surface area contributed by atoms with E-state index in [0.29, 0.717) is 11.4 Å². The number of ketones is 1. The highest BCUT2D eigenvalue weighted by Crippen LogP contribution is 2.10. The van der Waals surface area contributed by atoms with Crippen LogP contribution < -0.4 is 0 Å². The fraction of sp³-hybridized carbons (Fsp3) is 0.308. The van der Waals surface area contributed by atoms with Crippen LogP contribution in [0.2, 0.25) is 5.02 Å². The molecule has 0 aliphatic heterocycles. The summed E-state index contributed by atoms with van der Waals surface area (Å²) in [6.45, 7) is 0.782. The molecule has 0 amide bonds. The molecule has 0 saturated heterocycles. The monoisotopic (exact) mass is 237 g/mol. The Bertz CT molecular complexity index is 368. The van der Waals surface area contributed by atoms with Crippen LogP contribution in [0.4, 0.5) is 0 Å². The van der Waals surface area contributed by atoms with Gasteiger partial charge in [0, 0.05) is 18.0 Å². The molecule has 1 aromatic carbocycles. The maximum absolute atomic E-state index is 11.4. The van der Waals surface area contributed by atoms with Crippen molar-refractivity contribution in [1.29, 1.82) is 0 Å². The van der Waals surface area contributed by atoms with Crippen LogP contribution in [0.1, 0.15) is 12.0 Å². The van der Waals surface area contributed by atoms with Crippen molar-refractivity contribution in [2.75, 3.05) is 20.6 Å². The average Bonchev–Trinajstić information content (AvgIpc) is 2.25. The number of rotatable bonds is 5. The highest BCUT2D eigenvalue weighted by molar-refractivity contribution is 6.30. The van der Waals surface area contributed by atoms with Gasteiger partial charge in [0.15, 0.2) is 5.78 Å². The Balaban J connectivity index is 2.47. The summed E-state index contributed by atoms with van der Waals surface area (Å²) in [5.74, 6) is 0.142. The summed E-state index contributed by atoms with van der Waals surface area (Å²) in [5, 5.41) is 0.705. The minimum Gasteiger partial charge on any atom is -0.309 e. The molecule has 0 atom stereocenters. The zero-order chi connectivity index (χ0) is 12.0. The van der Waals surface area contributed by atoms with Crippen LogP contribution >= 0.6 is 11.6 Å². The number of hydrogen-bond acceptors (Lipinski definition) is 2. The fourth-order valence-corrected chi connectivity index (χ4v) is 1.31. The molecule has 0 heterocycles. The quantitative estimate of drug-likeness (QED) is 0.734. The molecule has 0 aromatic heterocycles. The number of carbonyl (C=O) groups is 1. The van der Waals surface area contributed by atoms with Crippen LogP contribution in [0.5, 0.6) is 0 Å². The van der Waals surface area contributed by atoms with E-state index in [4.69, 9.17) is 11.6 Å². The summed E-state index contributed by atoms with van der Waals surface area (Å²) >= 11 is 5.76. The topological polar surface area (TPSA) is 20.3 Å². The smallest absolute Gasteiger partial charge is 0.156 e. The number of nitrogens with zero attached hydrogens (tertiary/aromatic N) is 1. The minimum atomic E-state index is 0.142. The first kappa shape index (κ1) is 12.9. The highest BCUT2D eigenvalue weighted by Gasteiger charge is 1.97. The molecule has 0 aliphatic rings. The van der Waals surface area contributed by atoms with E-state index in [9.17, 15) is 4.79 Å². The molecule has 0 unspecified atom stereocenters. The summed E-state index contributed by atoms with van der Waals surface area (Å²) in [5.41, 5.74) is 0.989. The third-order valence-corrected chi connectivity index (χ3v) is 2.39. The largest absolute Gasteiger partial charge is 0.309 e. The lowest BCUT2D eigenvalue weighted by atomic mass is 10.2. The van der Waals surface area contributed by atoms with Gasteiger partial charge < -0.3 is 4.90 Å². The van der Waals surface area contributed by atoms with Gasteiger partial charge in [0.1, 0.15) is 0 Å². The van der Waals surface area contributed by atoms with Crippen LogP contribution in [-0.2, 0) is 4.79 Å². The molecular formula is C13H16ClNO. The van der Waals surface area contributed by atoms with Gasteiger partial charge in [0.25, 0.3) is 0 Å². The normalized spacial score (nSPS) is 11.2. The van der Waals surface area contributed by atoms with Crippen LogP contribution in [-0.4, -0.2) is 31.3 Å². The first-order valence-corrected chi connectivity index (χ1v) is 5.57. The number of hydrogen-bond donors (Lipinski definition) is 0. The number of allylic oxidation sites excluding steroid dienone is 1. The second kappa shape index (κ2) is 6.46. The van der Waals surface area contributed by atoms with Gasteiger partial charge in [-0.25, -0.2) is 0 Å². The van der Waals surface area contributed by atoms with E-state index >= 15 is 0 Å². The zero-order valence-corrected chi connectivity index (χ0v) is 10.4. The van der Waals surface area contributed by atoms with Crippen molar-refractivity contribution in [3.8, 4) is 0 Å². The number of benzene rings is 1. The zero-order valence-electron chi connectivity index (χ0n) is 9.61. The first-order valence-electron chi connectivity index (χ1n) is 5.19. The first-order chi connectivity index (χ1) is 7.58. The van der Waals surface area contributed by atoms with Gasteiger partial charge >= 0.3 is 0 Å². The lowest BCUT2D eigenvalue weighted by molar-refractivity contribution is -0.114. The van der Waals surface area contributed by atoms with E-state index in [1.165, 1.54) is 0 Å². The van der Waals surface area contributed by atoms with E-state index in [2.05, 4.69) is 0 Å². The van der Waals surface area contributed by atoms with Crippen LogP contribution in [0.3, 0.4) is 0 Å². The molecule has 0 aliphatic carbocycles. The molecule has 2 nitrogen and oxygen atoms in total. The van der Waals surface area contributed by atoms with Gasteiger partial charge in [-0.2, -0.15) is 0 Å². The predicted octanol–water partition coefficient (Wildman–Crippen LogP) is 2.87. The Kier molecular flexibility index (Phi) is 5.23. The Morgan fingerprint density at radius 1 is 1.31 bits per heavy atom. The Morgan fingerprint density at radius 3 is 2.50 bits per heavy atom. The SMILES string of the molecule is CN(C)CCC(=O)/C=C/c1ccc(Cl)cc1. The van der Waals surface area contributed by atoms with Crippen molar-refractivity contribution in [3.63, 3.8) is 0 Å². The van der Waals surface area contributed by atoms with E-state index in [1.54, 1.807) is 6.08 Å². The Labute approximate surface area is 102 Å². The van der Waals surface area contributed by atoms with Crippen LogP contribution in [0.15, 0.2) is 30.3 Å². The fourth-order valence-electron chi connectivity index (χ4n) is 1.18. The maximum Gasteiger partial charge on any atom is 0.156 e. The third-order valence-electron chi connectivity index (χ3n) is 2.14. The Hall–Kier alpha value is -1.12.